The first-order chi connectivity index (χ1) is 6.72. The molecule has 0 fully saturated rings. The lowest BCUT2D eigenvalue weighted by atomic mass is 10.1. The zero-order chi connectivity index (χ0) is 10.1. The smallest absolute Gasteiger partial charge is 0.161 e. The number of ether oxygens (including phenoxy) is 1. The molecule has 0 unspecified atom stereocenters. The van der Waals surface area contributed by atoms with E-state index in [2.05, 4.69) is 0 Å². The Kier molecular flexibility index (Phi) is 2.33. The van der Waals surface area contributed by atoms with Gasteiger partial charge in [-0.25, -0.2) is 0 Å². The van der Waals surface area contributed by atoms with Crippen LogP contribution in [0.5, 0.6) is 11.5 Å². The quantitative estimate of drug-likeness (QED) is 0.752. The Morgan fingerprint density at radius 2 is 2.36 bits per heavy atom. The van der Waals surface area contributed by atoms with Crippen LogP contribution >= 0.6 is 0 Å². The molecule has 3 N–H and O–H groups in total. The number of aromatic hydroxyl groups is 1. The summed E-state index contributed by atoms with van der Waals surface area (Å²) >= 11 is 0. The van der Waals surface area contributed by atoms with Crippen molar-refractivity contribution in [3.63, 3.8) is 0 Å². The second kappa shape index (κ2) is 3.50. The Bertz CT molecular complexity index is 349. The molecular formula is C11H15NO2. The molecule has 2 rings (SSSR count). The zero-order valence-electron chi connectivity index (χ0n) is 8.29. The fraction of sp³-hybridized carbons (Fsp3) is 0.455. The normalized spacial score (nSPS) is 19.4. The lowest BCUT2D eigenvalue weighted by Gasteiger charge is -2.10. The van der Waals surface area contributed by atoms with E-state index in [1.807, 2.05) is 13.0 Å². The van der Waals surface area contributed by atoms with Gasteiger partial charge < -0.3 is 15.6 Å². The fourth-order valence-electron chi connectivity index (χ4n) is 1.93. The van der Waals surface area contributed by atoms with Crippen LogP contribution in [-0.4, -0.2) is 11.7 Å². The van der Waals surface area contributed by atoms with Gasteiger partial charge in [0.1, 0.15) is 0 Å². The average molecular weight is 193 g/mol. The lowest BCUT2D eigenvalue weighted by Crippen LogP contribution is -2.05. The summed E-state index contributed by atoms with van der Waals surface area (Å²) in [7, 11) is 0. The number of phenols is 1. The lowest BCUT2D eigenvalue weighted by molar-refractivity contribution is 0.317. The summed E-state index contributed by atoms with van der Waals surface area (Å²) in [6.07, 6.45) is 1.92. The second-order valence-corrected chi connectivity index (χ2v) is 3.60. The number of benzene rings is 1. The molecule has 0 spiro atoms. The van der Waals surface area contributed by atoms with E-state index in [1.54, 1.807) is 6.07 Å². The summed E-state index contributed by atoms with van der Waals surface area (Å²) in [5.41, 5.74) is 8.19. The molecule has 1 atom stereocenters. The number of nitrogens with two attached hydrogens (primary N) is 1. The molecule has 1 aliphatic rings. The molecule has 1 aromatic rings. The van der Waals surface area contributed by atoms with Gasteiger partial charge in [0, 0.05) is 6.04 Å². The van der Waals surface area contributed by atoms with Crippen LogP contribution in [0.1, 0.15) is 30.5 Å². The third-order valence-electron chi connectivity index (χ3n) is 2.64. The largest absolute Gasteiger partial charge is 0.504 e. The minimum Gasteiger partial charge on any atom is -0.504 e. The predicted octanol–water partition coefficient (Wildman–Crippen LogP) is 1.74. The van der Waals surface area contributed by atoms with E-state index in [4.69, 9.17) is 10.5 Å². The van der Waals surface area contributed by atoms with Gasteiger partial charge in [0.15, 0.2) is 11.5 Å². The molecule has 0 heterocycles. The molecule has 1 aliphatic carbocycles. The van der Waals surface area contributed by atoms with E-state index < -0.39 is 0 Å². The van der Waals surface area contributed by atoms with E-state index in [1.165, 1.54) is 0 Å². The number of phenolic OH excluding ortho intramolecular Hbond substituents is 1. The van der Waals surface area contributed by atoms with Crippen molar-refractivity contribution in [3.8, 4) is 11.5 Å². The van der Waals surface area contributed by atoms with Crippen LogP contribution in [-0.2, 0) is 6.42 Å². The van der Waals surface area contributed by atoms with Gasteiger partial charge in [0.25, 0.3) is 0 Å². The highest BCUT2D eigenvalue weighted by Crippen LogP contribution is 2.37. The van der Waals surface area contributed by atoms with E-state index >= 15 is 0 Å². The number of aryl methyl sites for hydroxylation is 1. The minimum absolute atomic E-state index is 0.102. The van der Waals surface area contributed by atoms with Crippen LogP contribution in [0.4, 0.5) is 0 Å². The van der Waals surface area contributed by atoms with Crippen molar-refractivity contribution in [3.05, 3.63) is 23.3 Å². The van der Waals surface area contributed by atoms with Gasteiger partial charge in [-0.15, -0.1) is 0 Å². The third-order valence-corrected chi connectivity index (χ3v) is 2.64. The fourth-order valence-corrected chi connectivity index (χ4v) is 1.93. The summed E-state index contributed by atoms with van der Waals surface area (Å²) in [4.78, 5) is 0. The Morgan fingerprint density at radius 1 is 1.57 bits per heavy atom. The van der Waals surface area contributed by atoms with Crippen molar-refractivity contribution in [2.45, 2.75) is 25.8 Å². The van der Waals surface area contributed by atoms with Crippen molar-refractivity contribution in [1.82, 2.24) is 0 Å². The van der Waals surface area contributed by atoms with Gasteiger partial charge in [-0.3, -0.25) is 0 Å². The maximum Gasteiger partial charge on any atom is 0.161 e. The van der Waals surface area contributed by atoms with Crippen molar-refractivity contribution in [2.75, 3.05) is 6.61 Å². The molecule has 0 aliphatic heterocycles. The number of hydrogen-bond donors (Lipinski definition) is 2. The topological polar surface area (TPSA) is 55.5 Å². The van der Waals surface area contributed by atoms with Crippen molar-refractivity contribution >= 4 is 0 Å². The van der Waals surface area contributed by atoms with Gasteiger partial charge in [-0.1, -0.05) is 0 Å². The van der Waals surface area contributed by atoms with Crippen molar-refractivity contribution in [1.29, 1.82) is 0 Å². The number of hydrogen-bond acceptors (Lipinski definition) is 3. The van der Waals surface area contributed by atoms with Gasteiger partial charge in [-0.2, -0.15) is 0 Å². The Balaban J connectivity index is 2.41. The summed E-state index contributed by atoms with van der Waals surface area (Å²) in [6.45, 7) is 2.45. The predicted molar refractivity (Wildman–Crippen MR) is 54.5 cm³/mol. The Hall–Kier alpha value is -1.22. The molecule has 0 saturated heterocycles. The number of fused-ring (bicyclic) bond motifs is 1. The summed E-state index contributed by atoms with van der Waals surface area (Å²) < 4.78 is 5.30. The van der Waals surface area contributed by atoms with Gasteiger partial charge in [0.05, 0.1) is 6.61 Å². The molecule has 0 amide bonds. The molecule has 0 bridgehead atoms. The van der Waals surface area contributed by atoms with Crippen LogP contribution in [0.25, 0.3) is 0 Å². The highest BCUT2D eigenvalue weighted by Gasteiger charge is 2.21. The molecule has 1 aromatic carbocycles. The number of rotatable bonds is 2. The van der Waals surface area contributed by atoms with Crippen LogP contribution in [0.2, 0.25) is 0 Å². The van der Waals surface area contributed by atoms with E-state index in [9.17, 15) is 5.11 Å². The Morgan fingerprint density at radius 3 is 3.07 bits per heavy atom. The van der Waals surface area contributed by atoms with Crippen LogP contribution in [0.3, 0.4) is 0 Å². The molecular weight excluding hydrogens is 178 g/mol. The summed E-state index contributed by atoms with van der Waals surface area (Å²) in [6, 6.07) is 3.74. The van der Waals surface area contributed by atoms with Crippen LogP contribution < -0.4 is 10.5 Å². The molecule has 0 aromatic heterocycles. The van der Waals surface area contributed by atoms with E-state index in [-0.39, 0.29) is 11.8 Å². The standard InChI is InChI=1S/C11H15NO2/c1-2-14-11-6-8-7(5-10(11)13)3-4-9(8)12/h5-6,9,13H,2-4,12H2,1H3/t9-/m1/s1. The van der Waals surface area contributed by atoms with Crippen molar-refractivity contribution in [2.24, 2.45) is 5.73 Å². The third kappa shape index (κ3) is 1.44. The Labute approximate surface area is 83.5 Å². The minimum atomic E-state index is 0.102. The first kappa shape index (κ1) is 9.34. The summed E-state index contributed by atoms with van der Waals surface area (Å²) in [5, 5.41) is 9.63. The SMILES string of the molecule is CCOc1cc2c(cc1O)CC[C@H]2N. The summed E-state index contributed by atoms with van der Waals surface area (Å²) in [5.74, 6) is 0.767. The van der Waals surface area contributed by atoms with Crippen LogP contribution in [0, 0.1) is 0 Å². The second-order valence-electron chi connectivity index (χ2n) is 3.60. The average Bonchev–Trinajstić information content (AvgIpc) is 2.49. The van der Waals surface area contributed by atoms with E-state index in [0.29, 0.717) is 12.4 Å². The van der Waals surface area contributed by atoms with Gasteiger partial charge >= 0.3 is 0 Å². The van der Waals surface area contributed by atoms with Gasteiger partial charge in [0.2, 0.25) is 0 Å². The molecule has 0 saturated carbocycles. The molecule has 3 heteroatoms. The first-order valence-electron chi connectivity index (χ1n) is 4.96. The zero-order valence-corrected chi connectivity index (χ0v) is 8.29. The monoisotopic (exact) mass is 193 g/mol. The van der Waals surface area contributed by atoms with Crippen molar-refractivity contribution < 1.29 is 9.84 Å². The maximum absolute atomic E-state index is 9.63. The molecule has 3 nitrogen and oxygen atoms in total. The van der Waals surface area contributed by atoms with Gasteiger partial charge in [-0.05, 0) is 43.0 Å². The highest BCUT2D eigenvalue weighted by atomic mass is 16.5. The first-order valence-corrected chi connectivity index (χ1v) is 4.96. The molecule has 0 radical (unpaired) electrons. The maximum atomic E-state index is 9.63. The van der Waals surface area contributed by atoms with E-state index in [0.717, 1.165) is 24.0 Å². The molecule has 76 valence electrons. The van der Waals surface area contributed by atoms with Crippen LogP contribution in [0.15, 0.2) is 12.1 Å². The molecule has 14 heavy (non-hydrogen) atoms. The highest BCUT2D eigenvalue weighted by molar-refractivity contribution is 5.49.